The van der Waals surface area contributed by atoms with Gasteiger partial charge in [-0.2, -0.15) is 0 Å². The van der Waals surface area contributed by atoms with Crippen molar-refractivity contribution in [2.75, 3.05) is 0 Å². The molecule has 0 radical (unpaired) electrons. The summed E-state index contributed by atoms with van der Waals surface area (Å²) in [6, 6.07) is 0. The van der Waals surface area contributed by atoms with Gasteiger partial charge in [0, 0.05) is 42.1 Å². The van der Waals surface area contributed by atoms with Crippen LogP contribution in [0.5, 0.6) is 0 Å². The molecule has 0 atom stereocenters. The van der Waals surface area contributed by atoms with Crippen LogP contribution in [0.3, 0.4) is 0 Å². The van der Waals surface area contributed by atoms with Gasteiger partial charge in [-0.25, -0.2) is 0 Å². The summed E-state index contributed by atoms with van der Waals surface area (Å²) in [5.74, 6) is 0. The monoisotopic (exact) mass is 646 g/mol. The fourth-order valence-electron chi connectivity index (χ4n) is 0.234. The van der Waals surface area contributed by atoms with E-state index in [0.717, 1.165) is 5.70 Å². The average Bonchev–Trinajstić information content (AvgIpc) is 1.83. The number of rotatable bonds is 2. The maximum atomic E-state index is 4.00. The first-order valence-electron chi connectivity index (χ1n) is 2.32. The molecule has 0 aliphatic carbocycles. The molecule has 0 saturated heterocycles. The van der Waals surface area contributed by atoms with Gasteiger partial charge in [0.1, 0.15) is 0 Å². The molecule has 1 nitrogen and oxygen atoms in total. The van der Waals surface area contributed by atoms with Crippen LogP contribution in [-0.4, -0.2) is 0 Å². The molecule has 0 spiro atoms. The minimum absolute atomic E-state index is 0. The Hall–Kier alpha value is 1.34. The van der Waals surface area contributed by atoms with Gasteiger partial charge < -0.3 is 0 Å². The third-order valence-electron chi connectivity index (χ3n) is 0.635. The van der Waals surface area contributed by atoms with E-state index in [9.17, 15) is 0 Å². The number of nitrogens with zero attached hydrogens (tertiary/aromatic N) is 1. The van der Waals surface area contributed by atoms with E-state index in [1.54, 1.807) is 0 Å². The molecule has 0 aromatic rings. The van der Waals surface area contributed by atoms with Crippen molar-refractivity contribution >= 4 is 0 Å². The van der Waals surface area contributed by atoms with Gasteiger partial charge in [0.2, 0.25) is 0 Å². The van der Waals surface area contributed by atoms with Crippen LogP contribution in [0.2, 0.25) is 0 Å². The maximum absolute atomic E-state index is 4.00. The molecule has 0 aliphatic rings. The van der Waals surface area contributed by atoms with E-state index in [-0.39, 0.29) is 42.1 Å². The van der Waals surface area contributed by atoms with Gasteiger partial charge in [0.05, 0.1) is 0 Å². The first kappa shape index (κ1) is 17.4. The molecule has 0 heterocycles. The van der Waals surface area contributed by atoms with Gasteiger partial charge in [0.25, 0.3) is 0 Å². The van der Waals surface area contributed by atoms with E-state index in [0.29, 0.717) is 0 Å². The fourth-order valence-corrected chi connectivity index (χ4v) is 0.453. The van der Waals surface area contributed by atoms with E-state index in [2.05, 4.69) is 9.57 Å². The van der Waals surface area contributed by atoms with Crippen molar-refractivity contribution in [2.45, 2.75) is 13.8 Å². The minimum Gasteiger partial charge on any atom is 0 e. The van der Waals surface area contributed by atoms with Crippen LogP contribution in [0.4, 0.5) is 0 Å². The SMILES string of the molecule is C[C-]=C/C=C(/C)[N]=[W].[W].[W]. The second-order valence-corrected chi connectivity index (χ2v) is 2.01. The number of hydrogen-bond donors (Lipinski definition) is 0. The summed E-state index contributed by atoms with van der Waals surface area (Å²) in [5, 5.41) is 0. The van der Waals surface area contributed by atoms with Gasteiger partial charge in [-0.3, -0.25) is 0 Å². The van der Waals surface area contributed by atoms with Gasteiger partial charge in [-0.15, -0.1) is 0 Å². The topological polar surface area (TPSA) is 12.4 Å². The van der Waals surface area contributed by atoms with Crippen LogP contribution in [0, 0.1) is 6.08 Å². The minimum atomic E-state index is 0. The van der Waals surface area contributed by atoms with E-state index in [1.807, 2.05) is 26.0 Å². The first-order valence-corrected chi connectivity index (χ1v) is 3.63. The summed E-state index contributed by atoms with van der Waals surface area (Å²) >= 11 is 1.25. The summed E-state index contributed by atoms with van der Waals surface area (Å²) in [4.78, 5) is 0. The summed E-state index contributed by atoms with van der Waals surface area (Å²) in [6.07, 6.45) is 6.68. The van der Waals surface area contributed by atoms with Gasteiger partial charge >= 0.3 is 60.9 Å². The molecule has 0 rings (SSSR count). The molecule has 0 unspecified atom stereocenters. The molecule has 4 heteroatoms. The molecule has 0 saturated carbocycles. The summed E-state index contributed by atoms with van der Waals surface area (Å²) in [7, 11) is 0. The Kier molecular flexibility index (Phi) is 22.6. The zero-order chi connectivity index (χ0) is 6.41. The first-order chi connectivity index (χ1) is 3.81. The van der Waals surface area contributed by atoms with Gasteiger partial charge in [0.15, 0.2) is 0 Å². The molecule has 0 aliphatic heterocycles. The van der Waals surface area contributed by atoms with Crippen molar-refractivity contribution in [3.63, 3.8) is 0 Å². The predicted molar refractivity (Wildman–Crippen MR) is 29.7 cm³/mol. The van der Waals surface area contributed by atoms with Crippen LogP contribution in [0.25, 0.3) is 0 Å². The predicted octanol–water partition coefficient (Wildman–Crippen LogP) is 1.99. The van der Waals surface area contributed by atoms with Crippen LogP contribution in [0.1, 0.15) is 13.8 Å². The van der Waals surface area contributed by atoms with E-state index < -0.39 is 0 Å². The molecule has 0 fully saturated rings. The fraction of sp³-hybridized carbons (Fsp3) is 0.333. The zero-order valence-corrected chi connectivity index (χ0v) is 14.6. The quantitative estimate of drug-likeness (QED) is 0.322. The Morgan fingerprint density at radius 3 is 2.30 bits per heavy atom. The van der Waals surface area contributed by atoms with Crippen molar-refractivity contribution in [1.29, 1.82) is 0 Å². The van der Waals surface area contributed by atoms with Crippen LogP contribution < -0.4 is 0 Å². The second kappa shape index (κ2) is 13.0. The molecule has 0 bridgehead atoms. The number of allylic oxidation sites excluding steroid dienone is 4. The summed E-state index contributed by atoms with van der Waals surface area (Å²) < 4.78 is 4.00. The Morgan fingerprint density at radius 1 is 1.50 bits per heavy atom. The third-order valence-corrected chi connectivity index (χ3v) is 1.67. The summed E-state index contributed by atoms with van der Waals surface area (Å²) in [6.45, 7) is 3.84. The van der Waals surface area contributed by atoms with Crippen molar-refractivity contribution in [2.24, 2.45) is 3.50 Å². The van der Waals surface area contributed by atoms with Gasteiger partial charge in [-0.05, 0) is 0 Å². The average molecular weight is 646 g/mol. The Balaban J connectivity index is -0.000000245. The Labute approximate surface area is 102 Å². The van der Waals surface area contributed by atoms with Gasteiger partial charge in [-0.1, -0.05) is 0 Å². The van der Waals surface area contributed by atoms with Crippen molar-refractivity contribution in [1.82, 2.24) is 0 Å². The molecule has 0 aromatic heterocycles. The largest absolute Gasteiger partial charge is 0 e. The van der Waals surface area contributed by atoms with E-state index in [4.69, 9.17) is 0 Å². The third kappa shape index (κ3) is 12.1. The van der Waals surface area contributed by atoms with Crippen LogP contribution in [-0.2, 0) is 61.8 Å². The standard InChI is InChI=1S/C6H8N.3W/c1-3-4-5-6(2)7;;;/h4-5H,1-2H3;;;/q-1;;;/b6-5-;;;. The van der Waals surface area contributed by atoms with E-state index >= 15 is 0 Å². The summed E-state index contributed by atoms with van der Waals surface area (Å²) in [5.41, 5.74) is 1.06. The van der Waals surface area contributed by atoms with Crippen LogP contribution in [0.15, 0.2) is 21.3 Å². The van der Waals surface area contributed by atoms with Crippen molar-refractivity contribution in [3.05, 3.63) is 23.9 Å². The normalized spacial score (nSPS) is 10.0. The second-order valence-electron chi connectivity index (χ2n) is 1.35. The molecule has 0 aromatic carbocycles. The van der Waals surface area contributed by atoms with Crippen molar-refractivity contribution < 1.29 is 61.8 Å². The van der Waals surface area contributed by atoms with E-state index in [1.165, 1.54) is 19.6 Å². The van der Waals surface area contributed by atoms with Crippen LogP contribution >= 0.6 is 0 Å². The molecular weight excluding hydrogens is 638 g/mol. The Morgan fingerprint density at radius 2 is 2.00 bits per heavy atom. The molecule has 56 valence electrons. The maximum Gasteiger partial charge on any atom is 0 e. The molecule has 0 amide bonds. The Bertz CT molecular complexity index is 129. The number of hydrogen-bond acceptors (Lipinski definition) is 1. The molecule has 10 heavy (non-hydrogen) atoms. The molecular formula is C6H8NW3-. The smallest absolute Gasteiger partial charge is 0 e. The molecule has 0 N–H and O–H groups in total. The zero-order valence-electron chi connectivity index (χ0n) is 5.83. The van der Waals surface area contributed by atoms with Crippen molar-refractivity contribution in [3.8, 4) is 0 Å².